The van der Waals surface area contributed by atoms with Gasteiger partial charge in [0.2, 0.25) is 6.41 Å². The van der Waals surface area contributed by atoms with Gasteiger partial charge in [-0.3, -0.25) is 4.79 Å². The molecule has 1 aliphatic carbocycles. The van der Waals surface area contributed by atoms with Crippen LogP contribution in [-0.4, -0.2) is 25.3 Å². The molecule has 0 saturated heterocycles. The van der Waals surface area contributed by atoms with E-state index in [0.717, 1.165) is 23.7 Å². The predicted octanol–water partition coefficient (Wildman–Crippen LogP) is 7.11. The number of hydrogen-bond donors (Lipinski definition) is 1. The molecule has 1 fully saturated rings. The molecule has 1 saturated carbocycles. The van der Waals surface area contributed by atoms with Crippen LogP contribution in [0.25, 0.3) is 5.57 Å². The maximum Gasteiger partial charge on any atom is 0.211 e. The smallest absolute Gasteiger partial charge is 0.211 e. The highest BCUT2D eigenvalue weighted by Crippen LogP contribution is 2.26. The molecule has 0 aromatic carbocycles. The van der Waals surface area contributed by atoms with Crippen LogP contribution in [0, 0.1) is 12.8 Å². The van der Waals surface area contributed by atoms with Gasteiger partial charge in [-0.25, -0.2) is 0 Å². The van der Waals surface area contributed by atoms with E-state index in [1.54, 1.807) is 13.0 Å². The van der Waals surface area contributed by atoms with Gasteiger partial charge in [-0.05, 0) is 45.1 Å². The first-order chi connectivity index (χ1) is 14.5. The quantitative estimate of drug-likeness (QED) is 0.378. The highest BCUT2D eigenvalue weighted by molar-refractivity contribution is 5.81. The van der Waals surface area contributed by atoms with Gasteiger partial charge >= 0.3 is 0 Å². The number of aromatic nitrogens is 1. The van der Waals surface area contributed by atoms with Crippen LogP contribution >= 0.6 is 0 Å². The topological polar surface area (TPSA) is 64.4 Å². The van der Waals surface area contributed by atoms with Crippen LogP contribution in [0.1, 0.15) is 84.1 Å². The Morgan fingerprint density at radius 2 is 1.77 bits per heavy atom. The number of hydrogen-bond acceptors (Lipinski definition) is 4. The first-order valence-electron chi connectivity index (χ1n) is 11.2. The van der Waals surface area contributed by atoms with E-state index in [1.807, 2.05) is 47.0 Å². The Morgan fingerprint density at radius 3 is 2.30 bits per heavy atom. The molecule has 170 valence electrons. The number of rotatable bonds is 7. The van der Waals surface area contributed by atoms with Crippen LogP contribution in [0.2, 0.25) is 0 Å². The Hall–Kier alpha value is -2.14. The minimum Gasteiger partial charge on any atom is -0.384 e. The largest absolute Gasteiger partial charge is 0.384 e. The summed E-state index contributed by atoms with van der Waals surface area (Å²) in [6.07, 6.45) is 16.2. The normalized spacial score (nSPS) is 15.5. The SMILES string of the molecule is C=C/C(C)=C\C=C(/C)c1onc(C)c1NC=O.CC.COCC1CCCCCCC1. The van der Waals surface area contributed by atoms with Gasteiger partial charge < -0.3 is 14.6 Å². The fourth-order valence-electron chi connectivity index (χ4n) is 3.21. The van der Waals surface area contributed by atoms with E-state index in [9.17, 15) is 4.79 Å². The zero-order chi connectivity index (χ0) is 22.8. The summed E-state index contributed by atoms with van der Waals surface area (Å²) in [4.78, 5) is 10.5. The van der Waals surface area contributed by atoms with Crippen molar-refractivity contribution in [1.29, 1.82) is 0 Å². The molecule has 30 heavy (non-hydrogen) atoms. The summed E-state index contributed by atoms with van der Waals surface area (Å²) in [5.74, 6) is 1.43. The molecule has 0 aliphatic heterocycles. The van der Waals surface area contributed by atoms with Gasteiger partial charge in [0.1, 0.15) is 11.4 Å². The molecule has 0 unspecified atom stereocenters. The maximum absolute atomic E-state index is 10.5. The minimum atomic E-state index is 0.572. The molecule has 1 aliphatic rings. The van der Waals surface area contributed by atoms with Gasteiger partial charge in [-0.15, -0.1) is 0 Å². The van der Waals surface area contributed by atoms with E-state index >= 15 is 0 Å². The summed E-state index contributed by atoms with van der Waals surface area (Å²) < 4.78 is 10.4. The molecule has 5 heteroatoms. The maximum atomic E-state index is 10.5. The third-order valence-electron chi connectivity index (χ3n) is 4.97. The van der Waals surface area contributed by atoms with Crippen molar-refractivity contribution in [2.24, 2.45) is 5.92 Å². The molecular weight excluding hydrogens is 376 g/mol. The Morgan fingerprint density at radius 1 is 1.17 bits per heavy atom. The number of ether oxygens (including phenoxy) is 1. The lowest BCUT2D eigenvalue weighted by molar-refractivity contribution is -0.105. The minimum absolute atomic E-state index is 0.572. The summed E-state index contributed by atoms with van der Waals surface area (Å²) in [6, 6.07) is 0. The van der Waals surface area contributed by atoms with E-state index < -0.39 is 0 Å². The summed E-state index contributed by atoms with van der Waals surface area (Å²) >= 11 is 0. The first-order valence-corrected chi connectivity index (χ1v) is 11.2. The molecule has 1 aromatic rings. The van der Waals surface area contributed by atoms with Crippen molar-refractivity contribution in [3.63, 3.8) is 0 Å². The molecule has 5 nitrogen and oxygen atoms in total. The Labute approximate surface area is 183 Å². The molecule has 1 N–H and O–H groups in total. The molecule has 0 bridgehead atoms. The van der Waals surface area contributed by atoms with Crippen LogP contribution in [0.5, 0.6) is 0 Å². The van der Waals surface area contributed by atoms with Crippen molar-refractivity contribution in [3.05, 3.63) is 41.8 Å². The van der Waals surface area contributed by atoms with E-state index in [2.05, 4.69) is 17.1 Å². The number of nitrogens with one attached hydrogen (secondary N) is 1. The van der Waals surface area contributed by atoms with Crippen molar-refractivity contribution in [2.45, 2.75) is 79.6 Å². The molecule has 0 atom stereocenters. The summed E-state index contributed by atoms with van der Waals surface area (Å²) in [7, 11) is 1.82. The number of amides is 1. The van der Waals surface area contributed by atoms with Crippen LogP contribution in [0.3, 0.4) is 0 Å². The van der Waals surface area contributed by atoms with Crippen LogP contribution < -0.4 is 5.32 Å². The van der Waals surface area contributed by atoms with Gasteiger partial charge in [0.05, 0.1) is 0 Å². The third kappa shape index (κ3) is 11.1. The summed E-state index contributed by atoms with van der Waals surface area (Å²) in [5, 5.41) is 6.41. The van der Waals surface area contributed by atoms with E-state index in [-0.39, 0.29) is 0 Å². The van der Waals surface area contributed by atoms with Crippen molar-refractivity contribution >= 4 is 17.7 Å². The van der Waals surface area contributed by atoms with Gasteiger partial charge in [0.25, 0.3) is 0 Å². The zero-order valence-corrected chi connectivity index (χ0v) is 19.9. The average molecular weight is 419 g/mol. The van der Waals surface area contributed by atoms with Gasteiger partial charge in [-0.2, -0.15) is 0 Å². The average Bonchev–Trinajstić information content (AvgIpc) is 3.10. The van der Waals surface area contributed by atoms with Crippen LogP contribution in [0.15, 0.2) is 34.9 Å². The fraction of sp³-hybridized carbons (Fsp3) is 0.600. The fourth-order valence-corrected chi connectivity index (χ4v) is 3.21. The number of methoxy groups -OCH3 is 1. The van der Waals surface area contributed by atoms with Crippen LogP contribution in [-0.2, 0) is 9.53 Å². The highest BCUT2D eigenvalue weighted by atomic mass is 16.5. The lowest BCUT2D eigenvalue weighted by Gasteiger charge is -2.18. The first kappa shape index (κ1) is 27.9. The number of allylic oxidation sites excluding steroid dienone is 5. The molecule has 2 rings (SSSR count). The second-order valence-corrected chi connectivity index (χ2v) is 7.37. The number of carbonyl (C=O) groups is 1. The lowest BCUT2D eigenvalue weighted by atomic mass is 9.92. The Balaban J connectivity index is 0.000000557. The second-order valence-electron chi connectivity index (χ2n) is 7.37. The third-order valence-corrected chi connectivity index (χ3v) is 4.97. The standard InChI is InChI=1S/C13H16N2O2.C10H20O.C2H6/c1-5-9(2)6-7-10(3)13-12(14-8-16)11(4)15-17-13;1-11-9-10-7-5-3-2-4-6-8-10;1-2/h5-8H,1H2,2-4H3,(H,14,16);10H,2-9H2,1H3;1-2H3/b9-6-,10-7+;;. The molecular formula is C25H42N2O3. The molecule has 1 aromatic heterocycles. The van der Waals surface area contributed by atoms with Gasteiger partial charge in [0.15, 0.2) is 5.76 Å². The second kappa shape index (κ2) is 17.7. The summed E-state index contributed by atoms with van der Waals surface area (Å²) in [5.41, 5.74) is 3.20. The van der Waals surface area contributed by atoms with Crippen LogP contribution in [0.4, 0.5) is 5.69 Å². The van der Waals surface area contributed by atoms with Crippen molar-refractivity contribution in [1.82, 2.24) is 5.16 Å². The number of carbonyl (C=O) groups excluding carboxylic acids is 1. The van der Waals surface area contributed by atoms with Crippen molar-refractivity contribution < 1.29 is 14.1 Å². The molecule has 1 amide bonds. The molecule has 1 heterocycles. The van der Waals surface area contributed by atoms with E-state index in [4.69, 9.17) is 9.26 Å². The highest BCUT2D eigenvalue weighted by Gasteiger charge is 2.13. The van der Waals surface area contributed by atoms with Crippen molar-refractivity contribution in [2.75, 3.05) is 19.0 Å². The number of aryl methyl sites for hydroxylation is 1. The molecule has 0 radical (unpaired) electrons. The number of anilines is 1. The predicted molar refractivity (Wildman–Crippen MR) is 128 cm³/mol. The van der Waals surface area contributed by atoms with E-state index in [0.29, 0.717) is 23.6 Å². The van der Waals surface area contributed by atoms with Gasteiger partial charge in [0, 0.05) is 13.7 Å². The van der Waals surface area contributed by atoms with E-state index in [1.165, 1.54) is 44.9 Å². The Bertz CT molecular complexity index is 651. The Kier molecular flexibility index (Phi) is 16.4. The monoisotopic (exact) mass is 418 g/mol. The zero-order valence-electron chi connectivity index (χ0n) is 19.9. The lowest BCUT2D eigenvalue weighted by Crippen LogP contribution is -2.09. The summed E-state index contributed by atoms with van der Waals surface area (Å²) in [6.45, 7) is 14.3. The van der Waals surface area contributed by atoms with Gasteiger partial charge in [-0.1, -0.05) is 81.5 Å². The van der Waals surface area contributed by atoms with Crippen molar-refractivity contribution in [3.8, 4) is 0 Å². The molecule has 0 spiro atoms. The number of nitrogens with zero attached hydrogens (tertiary/aromatic N) is 1.